The number of hydrogen-bond donors (Lipinski definition) is 2. The molecular weight excluding hydrogens is 428 g/mol. The van der Waals surface area contributed by atoms with Gasteiger partial charge in [0.25, 0.3) is 0 Å². The third kappa shape index (κ3) is 5.53. The number of carbonyl (C=O) groups excluding carboxylic acids is 1. The summed E-state index contributed by atoms with van der Waals surface area (Å²) in [6, 6.07) is 7.58. The van der Waals surface area contributed by atoms with Crippen LogP contribution in [0.5, 0.6) is 0 Å². The van der Waals surface area contributed by atoms with Crippen LogP contribution in [0.4, 0.5) is 14.6 Å². The number of benzene rings is 1. The number of hydrogen-bond acceptors (Lipinski definition) is 6. The zero-order valence-corrected chi connectivity index (χ0v) is 17.3. The highest BCUT2D eigenvalue weighted by atomic mass is 32.2. The van der Waals surface area contributed by atoms with Gasteiger partial charge in [0.1, 0.15) is 28.4 Å². The number of sulfonamides is 1. The van der Waals surface area contributed by atoms with E-state index in [2.05, 4.69) is 15.6 Å². The van der Waals surface area contributed by atoms with Crippen molar-refractivity contribution in [3.8, 4) is 6.07 Å². The lowest BCUT2D eigenvalue weighted by atomic mass is 9.97. The third-order valence-electron chi connectivity index (χ3n) is 4.96. The molecule has 1 aliphatic heterocycles. The fourth-order valence-corrected chi connectivity index (χ4v) is 4.80. The van der Waals surface area contributed by atoms with Crippen molar-refractivity contribution in [1.29, 1.82) is 5.26 Å². The quantitative estimate of drug-likeness (QED) is 0.624. The van der Waals surface area contributed by atoms with Crippen molar-refractivity contribution in [2.45, 2.75) is 17.7 Å². The Morgan fingerprint density at radius 2 is 1.94 bits per heavy atom. The summed E-state index contributed by atoms with van der Waals surface area (Å²) in [5.74, 6) is -1.82. The van der Waals surface area contributed by atoms with Crippen LogP contribution < -0.4 is 10.6 Å². The molecule has 2 aromatic rings. The highest BCUT2D eigenvalue weighted by Crippen LogP contribution is 2.26. The van der Waals surface area contributed by atoms with Gasteiger partial charge in [-0.2, -0.15) is 9.57 Å². The third-order valence-corrected chi connectivity index (χ3v) is 6.87. The number of pyridine rings is 1. The molecule has 0 unspecified atom stereocenters. The van der Waals surface area contributed by atoms with Crippen LogP contribution in [0.3, 0.4) is 0 Å². The first-order valence-electron chi connectivity index (χ1n) is 9.64. The Labute approximate surface area is 178 Å². The van der Waals surface area contributed by atoms with E-state index in [1.165, 1.54) is 6.20 Å². The van der Waals surface area contributed by atoms with E-state index in [-0.39, 0.29) is 37.8 Å². The molecule has 11 heteroatoms. The first kappa shape index (κ1) is 22.6. The smallest absolute Gasteiger partial charge is 0.246 e. The SMILES string of the molecule is N#Cc1ccc(NCCNC(=O)C2CCN(S(=O)(=O)c3cc(F)ccc3F)CC2)nc1. The maximum atomic E-state index is 13.9. The second-order valence-electron chi connectivity index (χ2n) is 7.01. The minimum atomic E-state index is -4.17. The molecule has 1 aromatic carbocycles. The van der Waals surface area contributed by atoms with Crippen LogP contribution in [0.15, 0.2) is 41.4 Å². The monoisotopic (exact) mass is 449 g/mol. The van der Waals surface area contributed by atoms with Crippen molar-refractivity contribution < 1.29 is 22.0 Å². The van der Waals surface area contributed by atoms with Crippen LogP contribution >= 0.6 is 0 Å². The van der Waals surface area contributed by atoms with Crippen LogP contribution in [0.1, 0.15) is 18.4 Å². The van der Waals surface area contributed by atoms with Crippen LogP contribution in [-0.2, 0) is 14.8 Å². The molecule has 164 valence electrons. The predicted molar refractivity (Wildman–Crippen MR) is 108 cm³/mol. The first-order valence-corrected chi connectivity index (χ1v) is 11.1. The predicted octanol–water partition coefficient (Wildman–Crippen LogP) is 1.86. The normalized spacial score (nSPS) is 15.3. The first-order chi connectivity index (χ1) is 14.8. The topological polar surface area (TPSA) is 115 Å². The molecule has 0 saturated carbocycles. The number of rotatable bonds is 7. The second-order valence-corrected chi connectivity index (χ2v) is 8.92. The molecule has 1 aromatic heterocycles. The lowest BCUT2D eigenvalue weighted by molar-refractivity contribution is -0.126. The van der Waals surface area contributed by atoms with Gasteiger partial charge in [0.05, 0.1) is 5.56 Å². The Bertz CT molecular complexity index is 1080. The minimum Gasteiger partial charge on any atom is -0.368 e. The van der Waals surface area contributed by atoms with Gasteiger partial charge in [-0.25, -0.2) is 22.2 Å². The van der Waals surface area contributed by atoms with Crippen molar-refractivity contribution in [2.24, 2.45) is 5.92 Å². The van der Waals surface area contributed by atoms with E-state index < -0.39 is 26.6 Å². The van der Waals surface area contributed by atoms with Gasteiger partial charge in [0, 0.05) is 38.3 Å². The van der Waals surface area contributed by atoms with Gasteiger partial charge in [-0.3, -0.25) is 4.79 Å². The van der Waals surface area contributed by atoms with Crippen molar-refractivity contribution in [2.75, 3.05) is 31.5 Å². The summed E-state index contributed by atoms with van der Waals surface area (Å²) in [5, 5.41) is 14.6. The number of halogens is 2. The Morgan fingerprint density at radius 1 is 1.19 bits per heavy atom. The Kier molecular flexibility index (Phi) is 7.14. The number of nitrogens with zero attached hydrogens (tertiary/aromatic N) is 3. The number of nitrogens with one attached hydrogen (secondary N) is 2. The van der Waals surface area contributed by atoms with Crippen LogP contribution in [0.25, 0.3) is 0 Å². The van der Waals surface area contributed by atoms with Crippen molar-refractivity contribution in [1.82, 2.24) is 14.6 Å². The zero-order valence-electron chi connectivity index (χ0n) is 16.5. The molecular formula is C20H21F2N5O3S. The van der Waals surface area contributed by atoms with Crippen molar-refractivity contribution >= 4 is 21.7 Å². The molecule has 0 atom stereocenters. The minimum absolute atomic E-state index is 0.0454. The number of carbonyl (C=O) groups is 1. The van der Waals surface area contributed by atoms with Crippen molar-refractivity contribution in [3.63, 3.8) is 0 Å². The molecule has 31 heavy (non-hydrogen) atoms. The van der Waals surface area contributed by atoms with Gasteiger partial charge in [-0.1, -0.05) is 0 Å². The van der Waals surface area contributed by atoms with Gasteiger partial charge in [-0.05, 0) is 43.2 Å². The highest BCUT2D eigenvalue weighted by Gasteiger charge is 2.33. The summed E-state index contributed by atoms with van der Waals surface area (Å²) < 4.78 is 53.6. The fourth-order valence-electron chi connectivity index (χ4n) is 3.26. The standard InChI is InChI=1S/C20H21F2N5O3S/c21-16-2-3-17(22)18(11-16)31(29,30)27-9-5-15(6-10-27)20(28)25-8-7-24-19-4-1-14(12-23)13-26-19/h1-4,11,13,15H,5-10H2,(H,24,26)(H,25,28). The largest absolute Gasteiger partial charge is 0.368 e. The molecule has 0 aliphatic carbocycles. The molecule has 2 N–H and O–H groups in total. The molecule has 0 bridgehead atoms. The summed E-state index contributed by atoms with van der Waals surface area (Å²) >= 11 is 0. The summed E-state index contributed by atoms with van der Waals surface area (Å²) in [6.45, 7) is 0.859. The van der Waals surface area contributed by atoms with Crippen LogP contribution in [-0.4, -0.2) is 49.8 Å². The molecule has 0 spiro atoms. The fraction of sp³-hybridized carbons (Fsp3) is 0.350. The van der Waals surface area contributed by atoms with E-state index in [1.807, 2.05) is 6.07 Å². The zero-order chi connectivity index (χ0) is 22.4. The molecule has 3 rings (SSSR count). The van der Waals surface area contributed by atoms with E-state index in [4.69, 9.17) is 5.26 Å². The molecule has 1 aliphatic rings. The summed E-state index contributed by atoms with van der Waals surface area (Å²) in [4.78, 5) is 15.7. The number of amides is 1. The Balaban J connectivity index is 1.46. The highest BCUT2D eigenvalue weighted by molar-refractivity contribution is 7.89. The molecule has 2 heterocycles. The van der Waals surface area contributed by atoms with E-state index >= 15 is 0 Å². The molecule has 1 saturated heterocycles. The van der Waals surface area contributed by atoms with Gasteiger partial charge in [0.15, 0.2) is 0 Å². The average molecular weight is 449 g/mol. The second kappa shape index (κ2) is 9.80. The van der Waals surface area contributed by atoms with E-state index in [1.54, 1.807) is 12.1 Å². The van der Waals surface area contributed by atoms with E-state index in [0.29, 0.717) is 30.5 Å². The van der Waals surface area contributed by atoms with Gasteiger partial charge in [-0.15, -0.1) is 0 Å². The number of nitriles is 1. The number of anilines is 1. The molecule has 1 amide bonds. The van der Waals surface area contributed by atoms with Gasteiger partial charge < -0.3 is 10.6 Å². The Hall–Kier alpha value is -3.10. The average Bonchev–Trinajstić information content (AvgIpc) is 2.78. The number of aromatic nitrogens is 1. The molecule has 0 radical (unpaired) electrons. The van der Waals surface area contributed by atoms with Gasteiger partial charge >= 0.3 is 0 Å². The lowest BCUT2D eigenvalue weighted by Crippen LogP contribution is -2.43. The van der Waals surface area contributed by atoms with E-state index in [9.17, 15) is 22.0 Å². The van der Waals surface area contributed by atoms with Crippen LogP contribution in [0, 0.1) is 28.9 Å². The molecule has 1 fully saturated rings. The summed E-state index contributed by atoms with van der Waals surface area (Å²) in [5.41, 5.74) is 0.451. The van der Waals surface area contributed by atoms with Crippen LogP contribution in [0.2, 0.25) is 0 Å². The maximum Gasteiger partial charge on any atom is 0.246 e. The summed E-state index contributed by atoms with van der Waals surface area (Å²) in [7, 11) is -4.17. The summed E-state index contributed by atoms with van der Waals surface area (Å²) in [6.07, 6.45) is 2.01. The Morgan fingerprint density at radius 3 is 2.58 bits per heavy atom. The van der Waals surface area contributed by atoms with Gasteiger partial charge in [0.2, 0.25) is 15.9 Å². The van der Waals surface area contributed by atoms with Crippen molar-refractivity contribution in [3.05, 3.63) is 53.7 Å². The molecule has 8 nitrogen and oxygen atoms in total. The maximum absolute atomic E-state index is 13.9. The van der Waals surface area contributed by atoms with E-state index in [0.717, 1.165) is 16.4 Å². The number of piperidine rings is 1. The lowest BCUT2D eigenvalue weighted by Gasteiger charge is -2.30.